The molecule has 8 heteroatoms. The molecule has 168 valence electrons. The van der Waals surface area contributed by atoms with E-state index in [1.165, 1.54) is 42.3 Å². The Morgan fingerprint density at radius 3 is 2.22 bits per heavy atom. The second kappa shape index (κ2) is 10.7. The van der Waals surface area contributed by atoms with Gasteiger partial charge in [-0.05, 0) is 42.3 Å². The molecule has 5 nitrogen and oxygen atoms in total. The molecule has 0 atom stereocenters. The number of hydrogen-bond acceptors (Lipinski definition) is 3. The van der Waals surface area contributed by atoms with Gasteiger partial charge < -0.3 is 4.90 Å². The Labute approximate surface area is 193 Å². The fourth-order valence-electron chi connectivity index (χ4n) is 3.18. The number of carbonyl (C=O) groups is 1. The fraction of sp³-hybridized carbons (Fsp3) is 0.208. The normalized spacial score (nSPS) is 11.5. The molecule has 3 aromatic carbocycles. The lowest BCUT2D eigenvalue weighted by Gasteiger charge is -2.25. The Morgan fingerprint density at radius 2 is 1.56 bits per heavy atom. The zero-order valence-electron chi connectivity index (χ0n) is 17.6. The zero-order valence-corrected chi connectivity index (χ0v) is 19.2. The fourth-order valence-corrected chi connectivity index (χ4v) is 4.70. The van der Waals surface area contributed by atoms with Crippen molar-refractivity contribution in [3.63, 3.8) is 0 Å². The highest BCUT2D eigenvalue weighted by molar-refractivity contribution is 7.89. The number of nitrogens with zero attached hydrogens (tertiary/aromatic N) is 2. The van der Waals surface area contributed by atoms with E-state index in [1.54, 1.807) is 18.2 Å². The van der Waals surface area contributed by atoms with Gasteiger partial charge in [0.1, 0.15) is 5.82 Å². The van der Waals surface area contributed by atoms with Crippen molar-refractivity contribution in [2.24, 2.45) is 0 Å². The van der Waals surface area contributed by atoms with Gasteiger partial charge in [0.15, 0.2) is 0 Å². The predicted molar refractivity (Wildman–Crippen MR) is 123 cm³/mol. The molecule has 0 radical (unpaired) electrons. The van der Waals surface area contributed by atoms with Crippen LogP contribution >= 0.6 is 11.6 Å². The molecule has 0 saturated heterocycles. The van der Waals surface area contributed by atoms with E-state index in [0.717, 1.165) is 9.87 Å². The number of benzene rings is 3. The van der Waals surface area contributed by atoms with Gasteiger partial charge in [0.05, 0.1) is 11.4 Å². The maximum atomic E-state index is 14.0. The first-order chi connectivity index (χ1) is 15.3. The van der Waals surface area contributed by atoms with E-state index in [1.807, 2.05) is 30.3 Å². The summed E-state index contributed by atoms with van der Waals surface area (Å²) in [6.07, 6.45) is 0.442. The highest BCUT2D eigenvalue weighted by atomic mass is 35.5. The third kappa shape index (κ3) is 6.16. The maximum absolute atomic E-state index is 14.0. The van der Waals surface area contributed by atoms with Gasteiger partial charge in [-0.2, -0.15) is 4.31 Å². The third-order valence-corrected chi connectivity index (χ3v) is 7.16. The average Bonchev–Trinajstić information content (AvgIpc) is 2.78. The molecule has 0 aromatic heterocycles. The minimum Gasteiger partial charge on any atom is -0.340 e. The number of sulfonamides is 1. The van der Waals surface area contributed by atoms with E-state index >= 15 is 0 Å². The van der Waals surface area contributed by atoms with Crippen molar-refractivity contribution in [2.45, 2.75) is 17.9 Å². The molecule has 0 unspecified atom stereocenters. The monoisotopic (exact) mass is 474 g/mol. The number of carbonyl (C=O) groups excluding carboxylic acids is 1. The Bertz CT molecular complexity index is 1160. The summed E-state index contributed by atoms with van der Waals surface area (Å²) in [5.74, 6) is -0.847. The molecule has 0 heterocycles. The summed E-state index contributed by atoms with van der Waals surface area (Å²) in [5.41, 5.74) is 1.32. The smallest absolute Gasteiger partial charge is 0.243 e. The predicted octanol–water partition coefficient (Wildman–Crippen LogP) is 4.37. The molecule has 0 aliphatic heterocycles. The molecule has 0 aliphatic carbocycles. The SMILES string of the molecule is CN(Cc1ccccc1F)C(=O)CN(CCc1ccccc1)S(=O)(=O)c1ccc(Cl)cc1. The van der Waals surface area contributed by atoms with Crippen molar-refractivity contribution in [3.8, 4) is 0 Å². The quantitative estimate of drug-likeness (QED) is 0.462. The Balaban J connectivity index is 1.80. The molecule has 1 amide bonds. The second-order valence-corrected chi connectivity index (χ2v) is 9.74. The standard InChI is InChI=1S/C24H24ClFN2O3S/c1-27(17-20-9-5-6-10-23(20)26)24(29)18-28(16-15-19-7-3-2-4-8-19)32(30,31)22-13-11-21(25)12-14-22/h2-14H,15-18H2,1H3. The first-order valence-electron chi connectivity index (χ1n) is 10.0. The van der Waals surface area contributed by atoms with Crippen LogP contribution in [0, 0.1) is 5.82 Å². The van der Waals surface area contributed by atoms with Crippen LogP contribution in [0.2, 0.25) is 5.02 Å². The van der Waals surface area contributed by atoms with Crippen molar-refractivity contribution in [3.05, 3.63) is 101 Å². The van der Waals surface area contributed by atoms with Crippen LogP contribution in [0.4, 0.5) is 4.39 Å². The van der Waals surface area contributed by atoms with Crippen LogP contribution in [0.5, 0.6) is 0 Å². The van der Waals surface area contributed by atoms with E-state index in [-0.39, 0.29) is 24.5 Å². The molecule has 0 saturated carbocycles. The van der Waals surface area contributed by atoms with Gasteiger partial charge >= 0.3 is 0 Å². The molecule has 3 rings (SSSR count). The molecular weight excluding hydrogens is 451 g/mol. The van der Waals surface area contributed by atoms with Crippen molar-refractivity contribution < 1.29 is 17.6 Å². The summed E-state index contributed by atoms with van der Waals surface area (Å²) in [6, 6.07) is 21.4. The van der Waals surface area contributed by atoms with E-state index < -0.39 is 21.7 Å². The zero-order chi connectivity index (χ0) is 23.1. The van der Waals surface area contributed by atoms with Gasteiger partial charge in [-0.1, -0.05) is 60.1 Å². The van der Waals surface area contributed by atoms with Crippen LogP contribution in [-0.4, -0.2) is 43.7 Å². The van der Waals surface area contributed by atoms with Crippen molar-refractivity contribution >= 4 is 27.5 Å². The second-order valence-electron chi connectivity index (χ2n) is 7.37. The highest BCUT2D eigenvalue weighted by Gasteiger charge is 2.28. The number of amides is 1. The van der Waals surface area contributed by atoms with Crippen molar-refractivity contribution in [1.29, 1.82) is 0 Å². The van der Waals surface area contributed by atoms with E-state index in [0.29, 0.717) is 17.0 Å². The minimum absolute atomic E-state index is 0.0407. The summed E-state index contributed by atoms with van der Waals surface area (Å²) in [4.78, 5) is 14.3. The minimum atomic E-state index is -3.94. The summed E-state index contributed by atoms with van der Waals surface area (Å²) >= 11 is 5.90. The number of likely N-dealkylation sites (N-methyl/N-ethyl adjacent to an activating group) is 1. The lowest BCUT2D eigenvalue weighted by molar-refractivity contribution is -0.130. The molecule has 0 spiro atoms. The topological polar surface area (TPSA) is 57.7 Å². The van der Waals surface area contributed by atoms with Crippen LogP contribution < -0.4 is 0 Å². The molecular formula is C24H24ClFN2O3S. The largest absolute Gasteiger partial charge is 0.340 e. The van der Waals surface area contributed by atoms with Crippen LogP contribution in [0.1, 0.15) is 11.1 Å². The molecule has 32 heavy (non-hydrogen) atoms. The highest BCUT2D eigenvalue weighted by Crippen LogP contribution is 2.20. The van der Waals surface area contributed by atoms with Crippen LogP contribution in [0.3, 0.4) is 0 Å². The summed E-state index contributed by atoms with van der Waals surface area (Å²) in [7, 11) is -2.42. The van der Waals surface area contributed by atoms with Crippen LogP contribution in [0.25, 0.3) is 0 Å². The van der Waals surface area contributed by atoms with E-state index in [9.17, 15) is 17.6 Å². The summed E-state index contributed by atoms with van der Waals surface area (Å²) < 4.78 is 41.7. The number of halogens is 2. The molecule has 0 N–H and O–H groups in total. The first-order valence-corrected chi connectivity index (χ1v) is 11.9. The lowest BCUT2D eigenvalue weighted by atomic mass is 10.1. The molecule has 3 aromatic rings. The van der Waals surface area contributed by atoms with E-state index in [4.69, 9.17) is 11.6 Å². The van der Waals surface area contributed by atoms with Gasteiger partial charge in [0, 0.05) is 30.7 Å². The molecule has 0 fully saturated rings. The third-order valence-electron chi connectivity index (χ3n) is 5.05. The summed E-state index contributed by atoms with van der Waals surface area (Å²) in [6.45, 7) is -0.198. The van der Waals surface area contributed by atoms with Crippen molar-refractivity contribution in [1.82, 2.24) is 9.21 Å². The lowest BCUT2D eigenvalue weighted by Crippen LogP contribution is -2.42. The van der Waals surface area contributed by atoms with Gasteiger partial charge in [-0.25, -0.2) is 12.8 Å². The Hall–Kier alpha value is -2.74. The number of hydrogen-bond donors (Lipinski definition) is 0. The van der Waals surface area contributed by atoms with Crippen LogP contribution in [-0.2, 0) is 27.8 Å². The van der Waals surface area contributed by atoms with Crippen LogP contribution in [0.15, 0.2) is 83.8 Å². The molecule has 0 aliphatic rings. The van der Waals surface area contributed by atoms with Gasteiger partial charge in [0.2, 0.25) is 15.9 Å². The average molecular weight is 475 g/mol. The number of rotatable bonds is 9. The Kier molecular flexibility index (Phi) is 8.01. The Morgan fingerprint density at radius 1 is 0.938 bits per heavy atom. The maximum Gasteiger partial charge on any atom is 0.243 e. The van der Waals surface area contributed by atoms with E-state index in [2.05, 4.69) is 0 Å². The van der Waals surface area contributed by atoms with Crippen molar-refractivity contribution in [2.75, 3.05) is 20.1 Å². The molecule has 0 bridgehead atoms. The van der Waals surface area contributed by atoms with Gasteiger partial charge in [-0.3, -0.25) is 4.79 Å². The first kappa shape index (κ1) is 23.9. The van der Waals surface area contributed by atoms with Gasteiger partial charge in [-0.15, -0.1) is 0 Å². The summed E-state index contributed by atoms with van der Waals surface area (Å²) in [5, 5.41) is 0.417. The van der Waals surface area contributed by atoms with Gasteiger partial charge in [0.25, 0.3) is 0 Å².